The first kappa shape index (κ1) is 15.0. The minimum Gasteiger partial charge on any atom is -0.469 e. The van der Waals surface area contributed by atoms with Crippen LogP contribution in [-0.4, -0.2) is 16.8 Å². The quantitative estimate of drug-likeness (QED) is 0.909. The highest BCUT2D eigenvalue weighted by molar-refractivity contribution is 5.83. The zero-order chi connectivity index (χ0) is 17.6. The average Bonchev–Trinajstić information content (AvgIpc) is 3.25. The molecule has 6 heteroatoms. The van der Waals surface area contributed by atoms with Crippen molar-refractivity contribution in [2.75, 3.05) is 0 Å². The Labute approximate surface area is 144 Å². The van der Waals surface area contributed by atoms with Gasteiger partial charge in [0.25, 0.3) is 0 Å². The Bertz CT molecular complexity index is 935. The number of carbonyl (C=O) groups is 1. The van der Waals surface area contributed by atoms with Gasteiger partial charge in [-0.3, -0.25) is 4.79 Å². The molecule has 0 saturated carbocycles. The summed E-state index contributed by atoms with van der Waals surface area (Å²) in [6.07, 6.45) is 5.08. The van der Waals surface area contributed by atoms with E-state index in [9.17, 15) is 15.3 Å². The highest BCUT2D eigenvalue weighted by Gasteiger charge is 2.64. The summed E-state index contributed by atoms with van der Waals surface area (Å²) < 4.78 is 5.49. The van der Waals surface area contributed by atoms with Crippen molar-refractivity contribution in [1.29, 1.82) is 10.5 Å². The van der Waals surface area contributed by atoms with Crippen LogP contribution in [0.25, 0.3) is 6.08 Å². The molecule has 1 aromatic carbocycles. The third-order valence-electron chi connectivity index (χ3n) is 5.08. The third kappa shape index (κ3) is 1.85. The van der Waals surface area contributed by atoms with E-state index < -0.39 is 29.3 Å². The van der Waals surface area contributed by atoms with E-state index in [1.807, 2.05) is 30.3 Å². The van der Waals surface area contributed by atoms with Gasteiger partial charge in [0, 0.05) is 6.20 Å². The van der Waals surface area contributed by atoms with Gasteiger partial charge < -0.3 is 15.1 Å². The first-order valence-electron chi connectivity index (χ1n) is 7.84. The summed E-state index contributed by atoms with van der Waals surface area (Å²) in [5.74, 6) is -0.967. The molecule has 1 saturated heterocycles. The van der Waals surface area contributed by atoms with E-state index in [1.165, 1.54) is 6.26 Å². The number of nitriles is 2. The SMILES string of the molecule is N#CC1(C#N)[C@@H]2c3ccccc3C=CN2[C@@H](C(N)=O)[C@@H]1c1ccco1. The van der Waals surface area contributed by atoms with Crippen LogP contribution in [-0.2, 0) is 4.79 Å². The molecule has 2 aromatic rings. The topological polar surface area (TPSA) is 107 Å². The van der Waals surface area contributed by atoms with E-state index in [0.29, 0.717) is 5.76 Å². The highest BCUT2D eigenvalue weighted by atomic mass is 16.3. The molecule has 2 aliphatic rings. The Morgan fingerprint density at radius 2 is 1.96 bits per heavy atom. The van der Waals surface area contributed by atoms with Gasteiger partial charge in [-0.1, -0.05) is 24.3 Å². The lowest BCUT2D eigenvalue weighted by Gasteiger charge is -2.34. The number of hydrogen-bond donors (Lipinski definition) is 1. The zero-order valence-electron chi connectivity index (χ0n) is 13.2. The molecule has 2 N–H and O–H groups in total. The first-order valence-corrected chi connectivity index (χ1v) is 7.84. The van der Waals surface area contributed by atoms with Gasteiger partial charge in [0.1, 0.15) is 11.8 Å². The Morgan fingerprint density at radius 1 is 1.20 bits per heavy atom. The molecule has 1 aromatic heterocycles. The molecular weight excluding hydrogens is 316 g/mol. The van der Waals surface area contributed by atoms with Crippen LogP contribution in [0.3, 0.4) is 0 Å². The minimum atomic E-state index is -1.50. The molecular formula is C19H14N4O2. The lowest BCUT2D eigenvalue weighted by molar-refractivity contribution is -0.122. The van der Waals surface area contributed by atoms with E-state index in [-0.39, 0.29) is 0 Å². The maximum Gasteiger partial charge on any atom is 0.240 e. The maximum atomic E-state index is 12.3. The molecule has 0 bridgehead atoms. The van der Waals surface area contributed by atoms with Gasteiger partial charge in [-0.05, 0) is 29.3 Å². The molecule has 1 fully saturated rings. The summed E-state index contributed by atoms with van der Waals surface area (Å²) >= 11 is 0. The van der Waals surface area contributed by atoms with E-state index in [4.69, 9.17) is 10.2 Å². The van der Waals surface area contributed by atoms with Crippen LogP contribution in [0, 0.1) is 28.1 Å². The van der Waals surface area contributed by atoms with E-state index in [2.05, 4.69) is 12.1 Å². The molecule has 4 rings (SSSR count). The van der Waals surface area contributed by atoms with Crippen molar-refractivity contribution in [2.24, 2.45) is 11.1 Å². The Kier molecular flexibility index (Phi) is 3.16. The van der Waals surface area contributed by atoms with Crippen LogP contribution in [0.2, 0.25) is 0 Å². The maximum absolute atomic E-state index is 12.3. The van der Waals surface area contributed by atoms with Crippen molar-refractivity contribution in [1.82, 2.24) is 4.90 Å². The number of carbonyl (C=O) groups excluding carboxylic acids is 1. The summed E-state index contributed by atoms with van der Waals surface area (Å²) in [7, 11) is 0. The standard InChI is InChI=1S/C19H14N4O2/c20-10-19(11-21)15(14-6-3-9-25-14)16(18(22)24)23-8-7-12-4-1-2-5-13(12)17(19)23/h1-9,15-17H,(H2,22,24)/t15-,16+,17-/m0/s1. The summed E-state index contributed by atoms with van der Waals surface area (Å²) in [4.78, 5) is 14.0. The van der Waals surface area contributed by atoms with Gasteiger partial charge in [-0.25, -0.2) is 0 Å². The van der Waals surface area contributed by atoms with E-state index in [0.717, 1.165) is 11.1 Å². The van der Waals surface area contributed by atoms with E-state index >= 15 is 0 Å². The molecule has 1 amide bonds. The third-order valence-corrected chi connectivity index (χ3v) is 5.08. The van der Waals surface area contributed by atoms with Gasteiger partial charge >= 0.3 is 0 Å². The lowest BCUT2D eigenvalue weighted by atomic mass is 9.69. The molecule has 0 aliphatic carbocycles. The van der Waals surface area contributed by atoms with Crippen molar-refractivity contribution < 1.29 is 9.21 Å². The van der Waals surface area contributed by atoms with Gasteiger partial charge in [0.2, 0.25) is 5.91 Å². The molecule has 0 unspecified atom stereocenters. The molecule has 6 nitrogen and oxygen atoms in total. The molecule has 25 heavy (non-hydrogen) atoms. The Balaban J connectivity index is 2.02. The molecule has 2 aliphatic heterocycles. The number of nitrogens with zero attached hydrogens (tertiary/aromatic N) is 3. The first-order chi connectivity index (χ1) is 12.1. The normalized spacial score (nSPS) is 25.5. The van der Waals surface area contributed by atoms with Crippen LogP contribution >= 0.6 is 0 Å². The summed E-state index contributed by atoms with van der Waals surface area (Å²) in [5.41, 5.74) is 5.92. The van der Waals surface area contributed by atoms with Crippen molar-refractivity contribution in [2.45, 2.75) is 18.0 Å². The predicted octanol–water partition coefficient (Wildman–Crippen LogP) is 2.29. The van der Waals surface area contributed by atoms with Gasteiger partial charge in [-0.15, -0.1) is 0 Å². The van der Waals surface area contributed by atoms with Crippen molar-refractivity contribution in [3.63, 3.8) is 0 Å². The number of amides is 1. The molecule has 3 atom stereocenters. The summed E-state index contributed by atoms with van der Waals surface area (Å²) in [6.45, 7) is 0. The van der Waals surface area contributed by atoms with Crippen LogP contribution in [0.4, 0.5) is 0 Å². The molecule has 0 spiro atoms. The van der Waals surface area contributed by atoms with Crippen LogP contribution < -0.4 is 5.73 Å². The largest absolute Gasteiger partial charge is 0.469 e. The fourth-order valence-electron chi connectivity index (χ4n) is 4.10. The predicted molar refractivity (Wildman–Crippen MR) is 88.1 cm³/mol. The summed E-state index contributed by atoms with van der Waals surface area (Å²) in [6, 6.07) is 13.8. The van der Waals surface area contributed by atoms with Gasteiger partial charge in [0.05, 0.1) is 30.4 Å². The van der Waals surface area contributed by atoms with Crippen LogP contribution in [0.15, 0.2) is 53.3 Å². The molecule has 122 valence electrons. The highest BCUT2D eigenvalue weighted by Crippen LogP contribution is 2.59. The fraction of sp³-hybridized carbons (Fsp3) is 0.211. The molecule has 0 radical (unpaired) electrons. The number of benzene rings is 1. The van der Waals surface area contributed by atoms with Crippen molar-refractivity contribution >= 4 is 12.0 Å². The smallest absolute Gasteiger partial charge is 0.240 e. The van der Waals surface area contributed by atoms with Crippen molar-refractivity contribution in [3.05, 3.63) is 65.7 Å². The second kappa shape index (κ2) is 5.25. The minimum absolute atomic E-state index is 0.409. The summed E-state index contributed by atoms with van der Waals surface area (Å²) in [5, 5.41) is 20.1. The van der Waals surface area contributed by atoms with Gasteiger partial charge in [-0.2, -0.15) is 10.5 Å². The average molecular weight is 330 g/mol. The second-order valence-corrected chi connectivity index (χ2v) is 6.23. The van der Waals surface area contributed by atoms with E-state index in [1.54, 1.807) is 23.2 Å². The fourth-order valence-corrected chi connectivity index (χ4v) is 4.10. The second-order valence-electron chi connectivity index (χ2n) is 6.23. The molecule has 3 heterocycles. The number of nitrogens with two attached hydrogens (primary N) is 1. The zero-order valence-corrected chi connectivity index (χ0v) is 13.2. The number of rotatable bonds is 2. The van der Waals surface area contributed by atoms with Crippen LogP contribution in [0.5, 0.6) is 0 Å². The number of primary amides is 1. The Hall–Kier alpha value is -3.51. The number of hydrogen-bond acceptors (Lipinski definition) is 5. The van der Waals surface area contributed by atoms with Gasteiger partial charge in [0.15, 0.2) is 5.41 Å². The lowest BCUT2D eigenvalue weighted by Crippen LogP contribution is -2.41. The number of furan rings is 1. The monoisotopic (exact) mass is 330 g/mol. The Morgan fingerprint density at radius 3 is 2.60 bits per heavy atom. The van der Waals surface area contributed by atoms with Crippen LogP contribution in [0.1, 0.15) is 28.8 Å². The number of fused-ring (bicyclic) bond motifs is 3. The van der Waals surface area contributed by atoms with Crippen molar-refractivity contribution in [3.8, 4) is 12.1 Å².